The molecule has 88 valence electrons. The largest absolute Gasteiger partial charge is 0.346 e. The van der Waals surface area contributed by atoms with Crippen LogP contribution < -0.4 is 0 Å². The molecule has 2 rings (SSSR count). The molecule has 0 atom stereocenters. The molecule has 1 aliphatic rings. The Kier molecular flexibility index (Phi) is 3.04. The molecule has 1 saturated heterocycles. The van der Waals surface area contributed by atoms with Gasteiger partial charge >= 0.3 is 0 Å². The van der Waals surface area contributed by atoms with Crippen LogP contribution >= 0.6 is 0 Å². The van der Waals surface area contributed by atoms with E-state index in [1.807, 2.05) is 0 Å². The third-order valence-electron chi connectivity index (χ3n) is 3.92. The van der Waals surface area contributed by atoms with Crippen LogP contribution in [0, 0.1) is 34.6 Å². The summed E-state index contributed by atoms with van der Waals surface area (Å²) in [5.41, 5.74) is 7.96. The first-order valence-electron chi connectivity index (χ1n) is 5.84. The standard InChI is InChI=1S/C14H20O2/c1-8-9(2)11(4)13(12(5)10(8)3)14-15-6-7-16-14/h14H,6-7H2,1-5H3. The molecule has 0 spiro atoms. The Morgan fingerprint density at radius 3 is 1.50 bits per heavy atom. The fourth-order valence-electron chi connectivity index (χ4n) is 2.41. The summed E-state index contributed by atoms with van der Waals surface area (Å²) in [5.74, 6) is 0. The average molecular weight is 220 g/mol. The zero-order valence-corrected chi connectivity index (χ0v) is 10.8. The van der Waals surface area contributed by atoms with E-state index in [0.29, 0.717) is 13.2 Å². The lowest BCUT2D eigenvalue weighted by molar-refractivity contribution is -0.0450. The van der Waals surface area contributed by atoms with Gasteiger partial charge in [-0.15, -0.1) is 0 Å². The summed E-state index contributed by atoms with van der Waals surface area (Å²) in [7, 11) is 0. The van der Waals surface area contributed by atoms with Gasteiger partial charge < -0.3 is 9.47 Å². The number of ether oxygens (including phenoxy) is 2. The van der Waals surface area contributed by atoms with E-state index in [1.165, 1.54) is 33.4 Å². The minimum Gasteiger partial charge on any atom is -0.346 e. The number of hydrogen-bond donors (Lipinski definition) is 0. The molecule has 0 amide bonds. The highest BCUT2D eigenvalue weighted by molar-refractivity contribution is 5.50. The molecule has 1 aliphatic heterocycles. The van der Waals surface area contributed by atoms with Gasteiger partial charge in [-0.1, -0.05) is 0 Å². The molecule has 0 bridgehead atoms. The lowest BCUT2D eigenvalue weighted by Crippen LogP contribution is -2.08. The molecule has 1 heterocycles. The van der Waals surface area contributed by atoms with Crippen LogP contribution in [0.25, 0.3) is 0 Å². The number of hydrogen-bond acceptors (Lipinski definition) is 2. The third kappa shape index (κ3) is 1.66. The van der Waals surface area contributed by atoms with E-state index < -0.39 is 0 Å². The highest BCUT2D eigenvalue weighted by atomic mass is 16.7. The lowest BCUT2D eigenvalue weighted by Gasteiger charge is -2.21. The van der Waals surface area contributed by atoms with Gasteiger partial charge in [0.1, 0.15) is 0 Å². The van der Waals surface area contributed by atoms with E-state index in [9.17, 15) is 0 Å². The van der Waals surface area contributed by atoms with E-state index in [1.54, 1.807) is 0 Å². The summed E-state index contributed by atoms with van der Waals surface area (Å²) in [6.07, 6.45) is -0.155. The monoisotopic (exact) mass is 220 g/mol. The summed E-state index contributed by atoms with van der Waals surface area (Å²) >= 11 is 0. The maximum atomic E-state index is 5.63. The average Bonchev–Trinajstić information content (AvgIpc) is 2.77. The molecular formula is C14H20O2. The van der Waals surface area contributed by atoms with Gasteiger partial charge in [0.05, 0.1) is 13.2 Å². The summed E-state index contributed by atoms with van der Waals surface area (Å²) in [5, 5.41) is 0. The Morgan fingerprint density at radius 1 is 0.688 bits per heavy atom. The molecule has 0 aliphatic carbocycles. The van der Waals surface area contributed by atoms with Crippen LogP contribution in [0.2, 0.25) is 0 Å². The van der Waals surface area contributed by atoms with E-state index in [-0.39, 0.29) is 6.29 Å². The molecule has 1 aromatic rings. The Balaban J connectivity index is 2.59. The minimum absolute atomic E-state index is 0.155. The quantitative estimate of drug-likeness (QED) is 0.723. The third-order valence-corrected chi connectivity index (χ3v) is 3.92. The van der Waals surface area contributed by atoms with Crippen LogP contribution in [0.15, 0.2) is 0 Å². The van der Waals surface area contributed by atoms with Crippen molar-refractivity contribution in [3.63, 3.8) is 0 Å². The molecule has 0 N–H and O–H groups in total. The fourth-order valence-corrected chi connectivity index (χ4v) is 2.41. The Hall–Kier alpha value is -0.860. The fraction of sp³-hybridized carbons (Fsp3) is 0.571. The summed E-state index contributed by atoms with van der Waals surface area (Å²) in [6.45, 7) is 12.3. The topological polar surface area (TPSA) is 18.5 Å². The second-order valence-electron chi connectivity index (χ2n) is 4.61. The molecule has 0 saturated carbocycles. The highest BCUT2D eigenvalue weighted by Crippen LogP contribution is 2.34. The van der Waals surface area contributed by atoms with Crippen molar-refractivity contribution < 1.29 is 9.47 Å². The first-order valence-corrected chi connectivity index (χ1v) is 5.84. The molecule has 16 heavy (non-hydrogen) atoms. The van der Waals surface area contributed by atoms with Gasteiger partial charge in [-0.25, -0.2) is 0 Å². The van der Waals surface area contributed by atoms with E-state index in [0.717, 1.165) is 0 Å². The van der Waals surface area contributed by atoms with Crippen molar-refractivity contribution in [1.29, 1.82) is 0 Å². The van der Waals surface area contributed by atoms with Crippen LogP contribution in [0.1, 0.15) is 39.7 Å². The molecule has 2 nitrogen and oxygen atoms in total. The number of benzene rings is 1. The van der Waals surface area contributed by atoms with Gasteiger partial charge in [0.2, 0.25) is 0 Å². The normalized spacial score (nSPS) is 17.1. The smallest absolute Gasteiger partial charge is 0.184 e. The molecule has 0 radical (unpaired) electrons. The van der Waals surface area contributed by atoms with E-state index in [2.05, 4.69) is 34.6 Å². The zero-order chi connectivity index (χ0) is 11.9. The Labute approximate surface area is 97.6 Å². The van der Waals surface area contributed by atoms with Crippen LogP contribution in [-0.4, -0.2) is 13.2 Å². The molecule has 0 aromatic heterocycles. The van der Waals surface area contributed by atoms with E-state index >= 15 is 0 Å². The lowest BCUT2D eigenvalue weighted by atomic mass is 9.89. The van der Waals surface area contributed by atoms with Gasteiger partial charge in [-0.05, 0) is 62.4 Å². The van der Waals surface area contributed by atoms with Crippen molar-refractivity contribution in [2.75, 3.05) is 13.2 Å². The highest BCUT2D eigenvalue weighted by Gasteiger charge is 2.24. The van der Waals surface area contributed by atoms with Crippen molar-refractivity contribution in [3.05, 3.63) is 33.4 Å². The van der Waals surface area contributed by atoms with Crippen LogP contribution in [-0.2, 0) is 9.47 Å². The summed E-state index contributed by atoms with van der Waals surface area (Å²) in [6, 6.07) is 0. The molecule has 0 unspecified atom stereocenters. The first-order chi connectivity index (χ1) is 7.54. The minimum atomic E-state index is -0.155. The SMILES string of the molecule is Cc1c(C)c(C)c(C2OCCO2)c(C)c1C. The van der Waals surface area contributed by atoms with Crippen molar-refractivity contribution in [1.82, 2.24) is 0 Å². The van der Waals surface area contributed by atoms with Gasteiger partial charge in [-0.3, -0.25) is 0 Å². The Bertz CT molecular complexity index is 386. The van der Waals surface area contributed by atoms with Gasteiger partial charge in [0, 0.05) is 5.56 Å². The maximum absolute atomic E-state index is 5.63. The second-order valence-corrected chi connectivity index (χ2v) is 4.61. The zero-order valence-electron chi connectivity index (χ0n) is 10.8. The first kappa shape index (κ1) is 11.6. The van der Waals surface area contributed by atoms with Crippen LogP contribution in [0.4, 0.5) is 0 Å². The molecule has 1 fully saturated rings. The van der Waals surface area contributed by atoms with Crippen LogP contribution in [0.3, 0.4) is 0 Å². The second kappa shape index (κ2) is 4.19. The van der Waals surface area contributed by atoms with Gasteiger partial charge in [0.25, 0.3) is 0 Å². The van der Waals surface area contributed by atoms with Crippen LogP contribution in [0.5, 0.6) is 0 Å². The molecular weight excluding hydrogens is 200 g/mol. The predicted octanol–water partition coefficient (Wildman–Crippen LogP) is 3.27. The van der Waals surface area contributed by atoms with Crippen molar-refractivity contribution in [3.8, 4) is 0 Å². The molecule has 1 aromatic carbocycles. The maximum Gasteiger partial charge on any atom is 0.184 e. The van der Waals surface area contributed by atoms with E-state index in [4.69, 9.17) is 9.47 Å². The predicted molar refractivity (Wildman–Crippen MR) is 64.8 cm³/mol. The number of rotatable bonds is 1. The van der Waals surface area contributed by atoms with Crippen molar-refractivity contribution >= 4 is 0 Å². The van der Waals surface area contributed by atoms with Crippen molar-refractivity contribution in [2.24, 2.45) is 0 Å². The summed E-state index contributed by atoms with van der Waals surface area (Å²) < 4.78 is 11.3. The Morgan fingerprint density at radius 2 is 1.06 bits per heavy atom. The van der Waals surface area contributed by atoms with Gasteiger partial charge in [-0.2, -0.15) is 0 Å². The summed E-state index contributed by atoms with van der Waals surface area (Å²) in [4.78, 5) is 0. The molecule has 2 heteroatoms. The van der Waals surface area contributed by atoms with Gasteiger partial charge in [0.15, 0.2) is 6.29 Å². The van der Waals surface area contributed by atoms with Crippen molar-refractivity contribution in [2.45, 2.75) is 40.9 Å².